The first-order valence-electron chi connectivity index (χ1n) is 12.7. The van der Waals surface area contributed by atoms with Gasteiger partial charge >= 0.3 is 11.9 Å². The maximum Gasteiger partial charge on any atom is 0.342 e. The number of phenolic OH excluding ortho intramolecular Hbond substituents is 2. The maximum absolute atomic E-state index is 13.3. The van der Waals surface area contributed by atoms with Crippen LogP contribution in [0.15, 0.2) is 24.3 Å². The summed E-state index contributed by atoms with van der Waals surface area (Å²) in [6.07, 6.45) is 6.20. The third kappa shape index (κ3) is 5.61. The number of esters is 2. The van der Waals surface area contributed by atoms with Gasteiger partial charge in [-0.15, -0.1) is 0 Å². The lowest BCUT2D eigenvalue weighted by Crippen LogP contribution is -2.23. The molecule has 2 atom stereocenters. The van der Waals surface area contributed by atoms with Crippen molar-refractivity contribution in [1.29, 1.82) is 0 Å². The van der Waals surface area contributed by atoms with Crippen LogP contribution in [0.5, 0.6) is 28.7 Å². The Bertz CT molecular complexity index is 1250. The zero-order valence-electron chi connectivity index (χ0n) is 21.7. The number of rotatable bonds is 3. The quantitative estimate of drug-likeness (QED) is 0.419. The first kappa shape index (κ1) is 27.0. The molecule has 0 saturated carbocycles. The van der Waals surface area contributed by atoms with E-state index in [2.05, 4.69) is 0 Å². The van der Waals surface area contributed by atoms with Gasteiger partial charge in [-0.25, -0.2) is 4.79 Å². The van der Waals surface area contributed by atoms with Crippen LogP contribution in [0, 0.1) is 0 Å². The molecule has 0 bridgehead atoms. The highest BCUT2D eigenvalue weighted by Crippen LogP contribution is 2.49. The Balaban J connectivity index is 1.85. The molecule has 2 aromatic carbocycles. The zero-order valence-corrected chi connectivity index (χ0v) is 21.7. The van der Waals surface area contributed by atoms with Gasteiger partial charge in [-0.05, 0) is 61.9 Å². The number of benzene rings is 2. The number of ketones is 1. The predicted molar refractivity (Wildman–Crippen MR) is 138 cm³/mol. The van der Waals surface area contributed by atoms with E-state index in [9.17, 15) is 24.6 Å². The van der Waals surface area contributed by atoms with Crippen molar-refractivity contribution in [3.63, 3.8) is 0 Å². The second-order valence-corrected chi connectivity index (χ2v) is 9.55. The molecule has 9 heteroatoms. The number of hydrogen-bond acceptors (Lipinski definition) is 9. The van der Waals surface area contributed by atoms with Crippen LogP contribution in [0.25, 0.3) is 6.08 Å². The van der Waals surface area contributed by atoms with Crippen molar-refractivity contribution in [2.45, 2.75) is 63.9 Å². The minimum atomic E-state index is -0.715. The van der Waals surface area contributed by atoms with Gasteiger partial charge in [0.05, 0.1) is 26.7 Å². The number of ether oxygens (including phenoxy) is 4. The van der Waals surface area contributed by atoms with Gasteiger partial charge in [-0.3, -0.25) is 9.59 Å². The second kappa shape index (κ2) is 11.6. The van der Waals surface area contributed by atoms with Crippen molar-refractivity contribution in [2.24, 2.45) is 0 Å². The fourth-order valence-corrected chi connectivity index (χ4v) is 4.92. The van der Waals surface area contributed by atoms with E-state index in [4.69, 9.17) is 18.9 Å². The van der Waals surface area contributed by atoms with Crippen LogP contribution < -0.4 is 14.2 Å². The Kier molecular flexibility index (Phi) is 8.24. The highest BCUT2D eigenvalue weighted by Gasteiger charge is 2.36. The number of methoxy groups -OCH3 is 2. The van der Waals surface area contributed by atoms with Crippen molar-refractivity contribution in [2.75, 3.05) is 14.2 Å². The van der Waals surface area contributed by atoms with Crippen LogP contribution in [-0.2, 0) is 14.3 Å². The van der Waals surface area contributed by atoms with Crippen LogP contribution in [0.3, 0.4) is 0 Å². The Labute approximate surface area is 221 Å². The number of hydrogen-bond donors (Lipinski definition) is 2. The van der Waals surface area contributed by atoms with Gasteiger partial charge in [0.2, 0.25) is 5.75 Å². The summed E-state index contributed by atoms with van der Waals surface area (Å²) < 4.78 is 21.7. The molecule has 2 aromatic rings. The van der Waals surface area contributed by atoms with Crippen LogP contribution in [0.2, 0.25) is 0 Å². The van der Waals surface area contributed by atoms with Gasteiger partial charge in [0.1, 0.15) is 22.8 Å². The molecular weight excluding hydrogens is 492 g/mol. The van der Waals surface area contributed by atoms with Gasteiger partial charge in [-0.1, -0.05) is 12.2 Å². The van der Waals surface area contributed by atoms with Crippen molar-refractivity contribution in [1.82, 2.24) is 0 Å². The van der Waals surface area contributed by atoms with E-state index in [-0.39, 0.29) is 52.1 Å². The van der Waals surface area contributed by atoms with Gasteiger partial charge < -0.3 is 29.2 Å². The lowest BCUT2D eigenvalue weighted by Gasteiger charge is -2.28. The Morgan fingerprint density at radius 3 is 2.32 bits per heavy atom. The topological polar surface area (TPSA) is 129 Å². The molecule has 2 aliphatic heterocycles. The molecule has 2 unspecified atom stereocenters. The van der Waals surface area contributed by atoms with Crippen molar-refractivity contribution in [3.8, 4) is 28.7 Å². The summed E-state index contributed by atoms with van der Waals surface area (Å²) in [5.74, 6) is -1.92. The van der Waals surface area contributed by atoms with Gasteiger partial charge in [0, 0.05) is 24.3 Å². The monoisotopic (exact) mass is 524 g/mol. The fraction of sp³-hybridized carbons (Fsp3) is 0.414. The molecule has 0 saturated heterocycles. The minimum absolute atomic E-state index is 0.0272. The van der Waals surface area contributed by atoms with E-state index in [1.165, 1.54) is 14.2 Å². The average Bonchev–Trinajstić information content (AvgIpc) is 2.87. The lowest BCUT2D eigenvalue weighted by molar-refractivity contribution is -0.135. The summed E-state index contributed by atoms with van der Waals surface area (Å²) in [6.45, 7) is 1.75. The molecule has 0 fully saturated rings. The van der Waals surface area contributed by atoms with E-state index in [1.54, 1.807) is 31.2 Å². The second-order valence-electron chi connectivity index (χ2n) is 9.55. The summed E-state index contributed by atoms with van der Waals surface area (Å²) in [4.78, 5) is 38.0. The first-order chi connectivity index (χ1) is 18.2. The molecule has 0 aromatic heterocycles. The molecular formula is C29H32O9. The standard InChI is InChI=1S/C29H32O9/c1-16-8-7-11-19(30)10-6-4-5-9-17-12-21-26(28(33)25(17)29(34)37-16)20(15-24(31)38-21)18-13-22(35-2)27(32)23(14-18)36-3/h5,9,12-14,16,20,32-33H,4,6-8,10-11,15H2,1-3H3/b9-5+. The molecule has 0 amide bonds. The predicted octanol–water partition coefficient (Wildman–Crippen LogP) is 5.04. The molecule has 38 heavy (non-hydrogen) atoms. The SMILES string of the molecule is COc1cc(C2CC(=O)Oc3cc4c(c(O)c32)C(=O)OC(C)CCCC(=O)CCC/C=C/4)cc(OC)c1O. The number of carbonyl (C=O) groups is 3. The smallest absolute Gasteiger partial charge is 0.342 e. The summed E-state index contributed by atoms with van der Waals surface area (Å²) in [5.41, 5.74) is 1.09. The van der Waals surface area contributed by atoms with Crippen LogP contribution in [-0.4, -0.2) is 48.3 Å². The van der Waals surface area contributed by atoms with Gasteiger partial charge in [0.25, 0.3) is 0 Å². The average molecular weight is 525 g/mol. The Morgan fingerprint density at radius 2 is 1.63 bits per heavy atom. The number of allylic oxidation sites excluding steroid dienone is 1. The van der Waals surface area contributed by atoms with Crippen molar-refractivity contribution >= 4 is 23.8 Å². The summed E-state index contributed by atoms with van der Waals surface area (Å²) in [6, 6.07) is 4.65. The molecule has 0 radical (unpaired) electrons. The molecule has 9 nitrogen and oxygen atoms in total. The van der Waals surface area contributed by atoms with E-state index in [1.807, 2.05) is 6.08 Å². The third-order valence-electron chi connectivity index (χ3n) is 6.88. The molecule has 2 N–H and O–H groups in total. The summed E-state index contributed by atoms with van der Waals surface area (Å²) in [5, 5.41) is 21.9. The molecule has 4 rings (SSSR count). The molecule has 2 heterocycles. The number of Topliss-reactive ketones (excluding diaryl/α,β-unsaturated/α-hetero) is 1. The highest BCUT2D eigenvalue weighted by molar-refractivity contribution is 5.98. The lowest BCUT2D eigenvalue weighted by atomic mass is 9.83. The van der Waals surface area contributed by atoms with Crippen molar-refractivity contribution in [3.05, 3.63) is 46.5 Å². The maximum atomic E-state index is 13.3. The number of cyclic esters (lactones) is 1. The Morgan fingerprint density at radius 1 is 0.947 bits per heavy atom. The van der Waals surface area contributed by atoms with Crippen LogP contribution >= 0.6 is 0 Å². The normalized spacial score (nSPS) is 21.3. The fourth-order valence-electron chi connectivity index (χ4n) is 4.92. The van der Waals surface area contributed by atoms with Gasteiger partial charge in [-0.2, -0.15) is 0 Å². The number of phenols is 2. The summed E-state index contributed by atoms with van der Waals surface area (Å²) in [7, 11) is 2.78. The van der Waals surface area contributed by atoms with Crippen LogP contribution in [0.4, 0.5) is 0 Å². The Hall–Kier alpha value is -4.01. The first-order valence-corrected chi connectivity index (χ1v) is 12.7. The summed E-state index contributed by atoms with van der Waals surface area (Å²) >= 11 is 0. The van der Waals surface area contributed by atoms with Crippen LogP contribution in [0.1, 0.15) is 84.8 Å². The van der Waals surface area contributed by atoms with E-state index >= 15 is 0 Å². The minimum Gasteiger partial charge on any atom is -0.507 e. The number of aromatic hydroxyl groups is 2. The molecule has 202 valence electrons. The van der Waals surface area contributed by atoms with Gasteiger partial charge in [0.15, 0.2) is 11.5 Å². The third-order valence-corrected chi connectivity index (χ3v) is 6.88. The van der Waals surface area contributed by atoms with E-state index in [0.717, 1.165) is 0 Å². The van der Waals surface area contributed by atoms with Crippen molar-refractivity contribution < 1.29 is 43.5 Å². The number of carbonyl (C=O) groups excluding carboxylic acids is 3. The largest absolute Gasteiger partial charge is 0.507 e. The molecule has 0 spiro atoms. The highest BCUT2D eigenvalue weighted by atomic mass is 16.5. The number of fused-ring (bicyclic) bond motifs is 2. The molecule has 2 aliphatic rings. The van der Waals surface area contributed by atoms with E-state index in [0.29, 0.717) is 49.7 Å². The van der Waals surface area contributed by atoms with E-state index < -0.39 is 24.0 Å². The molecule has 0 aliphatic carbocycles. The zero-order chi connectivity index (χ0) is 27.4.